The summed E-state index contributed by atoms with van der Waals surface area (Å²) in [6, 6.07) is 6.64. The second-order valence-corrected chi connectivity index (χ2v) is 12.4. The van der Waals surface area contributed by atoms with Gasteiger partial charge in [-0.15, -0.1) is 0 Å². The van der Waals surface area contributed by atoms with E-state index in [0.29, 0.717) is 13.0 Å². The van der Waals surface area contributed by atoms with E-state index < -0.39 is 5.60 Å². The Balaban J connectivity index is 1.33. The first-order valence-corrected chi connectivity index (χ1v) is 14.9. The normalized spacial score (nSPS) is 28.7. The molecule has 6 rings (SSSR count). The number of imide groups is 1. The molecule has 2 heterocycles. The van der Waals surface area contributed by atoms with Gasteiger partial charge in [-0.3, -0.25) is 14.6 Å². The first kappa shape index (κ1) is 25.9. The maximum atomic E-state index is 14.4. The van der Waals surface area contributed by atoms with Crippen molar-refractivity contribution in [2.45, 2.75) is 101 Å². The Morgan fingerprint density at radius 1 is 1.03 bits per heavy atom. The van der Waals surface area contributed by atoms with Crippen molar-refractivity contribution in [1.29, 1.82) is 0 Å². The lowest BCUT2D eigenvalue weighted by molar-refractivity contribution is -0.155. The van der Waals surface area contributed by atoms with Gasteiger partial charge in [-0.05, 0) is 62.8 Å². The van der Waals surface area contributed by atoms with Crippen molar-refractivity contribution in [3.8, 4) is 0 Å². The lowest BCUT2D eigenvalue weighted by Gasteiger charge is -2.53. The predicted octanol–water partition coefficient (Wildman–Crippen LogP) is 5.10. The van der Waals surface area contributed by atoms with E-state index in [1.807, 2.05) is 0 Å². The van der Waals surface area contributed by atoms with Crippen LogP contribution in [-0.2, 0) is 28.6 Å². The Morgan fingerprint density at radius 3 is 2.45 bits per heavy atom. The Bertz CT molecular complexity index is 1200. The third kappa shape index (κ3) is 4.26. The minimum Gasteiger partial charge on any atom is -0.372 e. The van der Waals surface area contributed by atoms with Crippen LogP contribution in [0.3, 0.4) is 0 Å². The number of likely N-dealkylation sites (tertiary alicyclic amines) is 1. The number of urea groups is 1. The molecule has 7 heteroatoms. The van der Waals surface area contributed by atoms with Gasteiger partial charge in [-0.1, -0.05) is 50.7 Å². The van der Waals surface area contributed by atoms with Crippen molar-refractivity contribution in [3.63, 3.8) is 0 Å². The van der Waals surface area contributed by atoms with Crippen LogP contribution in [0.2, 0.25) is 0 Å². The summed E-state index contributed by atoms with van der Waals surface area (Å²) in [5, 5.41) is 4.55. The summed E-state index contributed by atoms with van der Waals surface area (Å²) in [6.07, 6.45) is 14.5. The van der Waals surface area contributed by atoms with Gasteiger partial charge < -0.3 is 14.6 Å². The zero-order chi connectivity index (χ0) is 26.4. The second-order valence-electron chi connectivity index (χ2n) is 12.4. The summed E-state index contributed by atoms with van der Waals surface area (Å²) >= 11 is 0. The van der Waals surface area contributed by atoms with Crippen LogP contribution >= 0.6 is 0 Å². The fourth-order valence-corrected chi connectivity index (χ4v) is 8.23. The number of aromatic nitrogens is 1. The number of likely N-dealkylation sites (N-methyl/N-ethyl adjacent to an activating group) is 1. The van der Waals surface area contributed by atoms with Gasteiger partial charge in [0.25, 0.3) is 0 Å². The number of carbonyl (C=O) groups is 2. The molecule has 1 aromatic heterocycles. The number of hydrogen-bond donors (Lipinski definition) is 1. The van der Waals surface area contributed by atoms with Gasteiger partial charge in [0.15, 0.2) is 0 Å². The highest BCUT2D eigenvalue weighted by Gasteiger charge is 2.54. The fourth-order valence-electron chi connectivity index (χ4n) is 8.23. The minimum absolute atomic E-state index is 0.00289. The molecule has 1 unspecified atom stereocenters. The second kappa shape index (κ2) is 10.3. The first-order chi connectivity index (χ1) is 18.4. The topological polar surface area (TPSA) is 66.8 Å². The molecule has 1 saturated heterocycles. The first-order valence-electron chi connectivity index (χ1n) is 14.9. The molecule has 38 heavy (non-hydrogen) atoms. The SMILES string of the molecule is COC12C[C@@H](C(=O)N(C(=O)NC3CCCCC3)C3CCCCC3)CN(C)[C@@H]1Cc1cn(C)c3cccc2c13. The molecule has 206 valence electrons. The lowest BCUT2D eigenvalue weighted by Crippen LogP contribution is -2.63. The standard InChI is InChI=1S/C31H44N4O3/c1-33-19-21-17-27-31(38-3,25-15-10-16-26(33)28(21)25)18-22(20-34(27)2)29(36)35(24-13-8-5-9-14-24)30(37)32-23-11-6-4-7-12-23/h10,15-16,19,22-24,27H,4-9,11-14,17-18,20H2,1-3H3,(H,32,37)/t22-,27-,31?/m1/s1. The molecular weight excluding hydrogens is 476 g/mol. The van der Waals surface area contributed by atoms with Gasteiger partial charge in [-0.2, -0.15) is 0 Å². The van der Waals surface area contributed by atoms with E-state index in [9.17, 15) is 9.59 Å². The number of benzene rings is 1. The Labute approximate surface area is 226 Å². The van der Waals surface area contributed by atoms with Crippen LogP contribution in [0.25, 0.3) is 10.9 Å². The number of rotatable bonds is 4. The number of nitrogens with one attached hydrogen (secondary N) is 1. The maximum Gasteiger partial charge on any atom is 0.324 e. The van der Waals surface area contributed by atoms with Crippen LogP contribution in [-0.4, -0.2) is 65.1 Å². The molecule has 3 fully saturated rings. The third-order valence-corrected chi connectivity index (χ3v) is 10.1. The third-order valence-electron chi connectivity index (χ3n) is 10.1. The highest BCUT2D eigenvalue weighted by Crippen LogP contribution is 2.50. The number of nitrogens with zero attached hydrogens (tertiary/aromatic N) is 3. The van der Waals surface area contributed by atoms with Crippen LogP contribution in [0, 0.1) is 5.92 Å². The predicted molar refractivity (Wildman–Crippen MR) is 149 cm³/mol. The van der Waals surface area contributed by atoms with E-state index in [2.05, 4.69) is 53.3 Å². The average Bonchev–Trinajstić information content (AvgIpc) is 3.26. The van der Waals surface area contributed by atoms with Crippen LogP contribution in [0.4, 0.5) is 4.79 Å². The number of hydrogen-bond acceptors (Lipinski definition) is 4. The lowest BCUT2D eigenvalue weighted by atomic mass is 9.68. The number of aryl methyl sites for hydroxylation is 1. The molecular formula is C31H44N4O3. The summed E-state index contributed by atoms with van der Waals surface area (Å²) in [6.45, 7) is 0.646. The smallest absolute Gasteiger partial charge is 0.324 e. The maximum absolute atomic E-state index is 14.4. The van der Waals surface area contributed by atoms with Gasteiger partial charge in [-0.25, -0.2) is 4.79 Å². The molecule has 0 spiro atoms. The molecule has 1 N–H and O–H groups in total. The molecule has 7 nitrogen and oxygen atoms in total. The molecule has 1 aromatic carbocycles. The number of amides is 3. The van der Waals surface area contributed by atoms with Crippen molar-refractivity contribution in [2.75, 3.05) is 20.7 Å². The summed E-state index contributed by atoms with van der Waals surface area (Å²) in [7, 11) is 6.03. The van der Waals surface area contributed by atoms with Crippen molar-refractivity contribution in [2.24, 2.45) is 13.0 Å². The minimum atomic E-state index is -0.584. The highest BCUT2D eigenvalue weighted by molar-refractivity contribution is 5.96. The zero-order valence-electron chi connectivity index (χ0n) is 23.4. The summed E-state index contributed by atoms with van der Waals surface area (Å²) < 4.78 is 8.68. The Hall–Kier alpha value is -2.38. The summed E-state index contributed by atoms with van der Waals surface area (Å²) in [4.78, 5) is 32.2. The molecule has 2 saturated carbocycles. The van der Waals surface area contributed by atoms with Gasteiger partial charge in [0, 0.05) is 55.9 Å². The van der Waals surface area contributed by atoms with E-state index in [4.69, 9.17) is 4.74 Å². The molecule has 0 radical (unpaired) electrons. The Kier molecular flexibility index (Phi) is 7.02. The fraction of sp³-hybridized carbons (Fsp3) is 0.677. The number of fused-ring (bicyclic) bond motifs is 2. The number of carbonyl (C=O) groups excluding carboxylic acids is 2. The summed E-state index contributed by atoms with van der Waals surface area (Å²) in [5.41, 5.74) is 3.16. The molecule has 3 amide bonds. The van der Waals surface area contributed by atoms with Crippen LogP contribution in [0.15, 0.2) is 24.4 Å². The number of ether oxygens (including phenoxy) is 1. The van der Waals surface area contributed by atoms with Gasteiger partial charge >= 0.3 is 6.03 Å². The zero-order valence-corrected chi connectivity index (χ0v) is 23.4. The highest BCUT2D eigenvalue weighted by atomic mass is 16.5. The average molecular weight is 521 g/mol. The van der Waals surface area contributed by atoms with E-state index in [1.165, 1.54) is 34.9 Å². The van der Waals surface area contributed by atoms with Gasteiger partial charge in [0.05, 0.1) is 5.92 Å². The molecule has 2 aromatic rings. The number of piperidine rings is 1. The van der Waals surface area contributed by atoms with Crippen molar-refractivity contribution >= 4 is 22.8 Å². The quantitative estimate of drug-likeness (QED) is 0.609. The molecule has 3 atom stereocenters. The Morgan fingerprint density at radius 2 is 1.74 bits per heavy atom. The van der Waals surface area contributed by atoms with E-state index >= 15 is 0 Å². The van der Waals surface area contributed by atoms with Crippen LogP contribution < -0.4 is 5.32 Å². The van der Waals surface area contributed by atoms with Crippen molar-refractivity contribution < 1.29 is 14.3 Å². The molecule has 3 aliphatic carbocycles. The largest absolute Gasteiger partial charge is 0.372 e. The van der Waals surface area contributed by atoms with Crippen LogP contribution in [0.5, 0.6) is 0 Å². The molecule has 0 bridgehead atoms. The monoisotopic (exact) mass is 520 g/mol. The molecule has 1 aliphatic heterocycles. The van der Waals surface area contributed by atoms with Crippen molar-refractivity contribution in [1.82, 2.24) is 19.7 Å². The van der Waals surface area contributed by atoms with Crippen molar-refractivity contribution in [3.05, 3.63) is 35.5 Å². The number of methoxy groups -OCH3 is 1. The van der Waals surface area contributed by atoms with E-state index in [0.717, 1.165) is 57.8 Å². The van der Waals surface area contributed by atoms with E-state index in [-0.39, 0.29) is 36.0 Å². The van der Waals surface area contributed by atoms with Crippen LogP contribution in [0.1, 0.15) is 81.8 Å². The summed E-state index contributed by atoms with van der Waals surface area (Å²) in [5.74, 6) is -0.311. The van der Waals surface area contributed by atoms with E-state index in [1.54, 1.807) is 12.0 Å². The molecule has 4 aliphatic rings. The van der Waals surface area contributed by atoms with Gasteiger partial charge in [0.2, 0.25) is 5.91 Å². The van der Waals surface area contributed by atoms with Gasteiger partial charge in [0.1, 0.15) is 5.60 Å².